The molecule has 1 aliphatic rings. The van der Waals surface area contributed by atoms with Crippen LogP contribution in [0.3, 0.4) is 0 Å². The largest absolute Gasteiger partial charge is 0.451 e. The fraction of sp³-hybridized carbons (Fsp3) is 0.269. The van der Waals surface area contributed by atoms with E-state index >= 15 is 0 Å². The van der Waals surface area contributed by atoms with E-state index in [9.17, 15) is 13.2 Å². The second kappa shape index (κ2) is 9.66. The number of anilines is 3. The van der Waals surface area contributed by atoms with Crippen LogP contribution in [-0.2, 0) is 18.0 Å². The Morgan fingerprint density at radius 1 is 0.949 bits per heavy atom. The van der Waals surface area contributed by atoms with Crippen molar-refractivity contribution in [2.45, 2.75) is 13.1 Å². The quantitative estimate of drug-likeness (QED) is 0.333. The Hall–Kier alpha value is -4.52. The number of nitrogens with zero attached hydrogens (tertiary/aromatic N) is 7. The molecule has 0 saturated carbocycles. The van der Waals surface area contributed by atoms with Crippen LogP contribution >= 0.6 is 0 Å². The number of rotatable bonds is 5. The number of alkyl halides is 3. The lowest BCUT2D eigenvalue weighted by Crippen LogP contribution is -2.37. The number of ether oxygens (including phenoxy) is 1. The second-order valence-electron chi connectivity index (χ2n) is 9.20. The Labute approximate surface area is 220 Å². The Balaban J connectivity index is 1.32. The third-order valence-electron chi connectivity index (χ3n) is 6.53. The summed E-state index contributed by atoms with van der Waals surface area (Å²) in [6.07, 6.45) is -4.59. The summed E-state index contributed by atoms with van der Waals surface area (Å²) in [6.45, 7) is 4.52. The number of benzene rings is 2. The van der Waals surface area contributed by atoms with Crippen LogP contribution in [0.15, 0.2) is 48.5 Å². The number of nitrogens with one attached hydrogen (secondary N) is 2. The van der Waals surface area contributed by atoms with Crippen LogP contribution in [0.2, 0.25) is 0 Å². The molecule has 5 aromatic rings. The predicted molar refractivity (Wildman–Crippen MR) is 140 cm³/mol. The Morgan fingerprint density at radius 2 is 1.69 bits per heavy atom. The molecule has 200 valence electrons. The van der Waals surface area contributed by atoms with Crippen LogP contribution in [0.5, 0.6) is 0 Å². The third kappa shape index (κ3) is 5.00. The minimum atomic E-state index is -4.59. The number of aromatic amines is 1. The number of fused-ring (bicyclic) bond motifs is 1. The van der Waals surface area contributed by atoms with Crippen molar-refractivity contribution in [1.29, 1.82) is 0 Å². The first-order chi connectivity index (χ1) is 18.7. The number of hydrogen-bond donors (Lipinski definition) is 2. The molecule has 2 N–H and O–H groups in total. The van der Waals surface area contributed by atoms with Crippen LogP contribution in [-0.4, -0.2) is 61.2 Å². The zero-order valence-corrected chi connectivity index (χ0v) is 21.1. The van der Waals surface area contributed by atoms with Gasteiger partial charge < -0.3 is 19.9 Å². The van der Waals surface area contributed by atoms with Crippen LogP contribution in [0, 0.1) is 6.92 Å². The minimum absolute atomic E-state index is 0.0357. The van der Waals surface area contributed by atoms with E-state index in [1.165, 1.54) is 0 Å². The molecule has 0 amide bonds. The molecule has 13 heteroatoms. The number of aryl methyl sites for hydroxylation is 2. The standard InChI is InChI=1S/C26H24F3N9O/c1-15-19-8-5-17(13-21(19)37(2)36-15)20-14-22(32-25(31-20)38-9-11-39-12-10-38)30-18-6-3-16(4-7-18)23-33-24(35-34-23)26(27,28)29/h3-8,13-14H,9-12H2,1-2H3,(H,30,31,32)(H,33,34,35). The van der Waals surface area contributed by atoms with Crippen LogP contribution in [0.1, 0.15) is 11.5 Å². The van der Waals surface area contributed by atoms with E-state index in [1.807, 2.05) is 36.9 Å². The summed E-state index contributed by atoms with van der Waals surface area (Å²) in [5.41, 5.74) is 4.80. The summed E-state index contributed by atoms with van der Waals surface area (Å²) >= 11 is 0. The molecule has 0 atom stereocenters. The molecule has 0 aliphatic carbocycles. The van der Waals surface area contributed by atoms with Crippen molar-refractivity contribution >= 4 is 28.4 Å². The van der Waals surface area contributed by atoms with E-state index in [-0.39, 0.29) is 5.82 Å². The summed E-state index contributed by atoms with van der Waals surface area (Å²) in [7, 11) is 1.91. The topological polar surface area (TPSA) is 110 Å². The highest BCUT2D eigenvalue weighted by Crippen LogP contribution is 2.30. The molecule has 1 aliphatic heterocycles. The van der Waals surface area contributed by atoms with Crippen molar-refractivity contribution < 1.29 is 17.9 Å². The van der Waals surface area contributed by atoms with Gasteiger partial charge in [0.2, 0.25) is 11.8 Å². The molecular weight excluding hydrogens is 511 g/mol. The first kappa shape index (κ1) is 24.8. The lowest BCUT2D eigenvalue weighted by molar-refractivity contribution is -0.144. The van der Waals surface area contributed by atoms with Gasteiger partial charge in [0.15, 0.2) is 5.82 Å². The fourth-order valence-electron chi connectivity index (χ4n) is 4.53. The highest BCUT2D eigenvalue weighted by Gasteiger charge is 2.35. The monoisotopic (exact) mass is 535 g/mol. The van der Waals surface area contributed by atoms with Crippen molar-refractivity contribution in [2.75, 3.05) is 36.5 Å². The molecule has 4 heterocycles. The summed E-state index contributed by atoms with van der Waals surface area (Å²) in [5.74, 6) is 0.0593. The highest BCUT2D eigenvalue weighted by atomic mass is 19.4. The van der Waals surface area contributed by atoms with E-state index < -0.39 is 12.0 Å². The number of H-pyrrole nitrogens is 1. The molecule has 39 heavy (non-hydrogen) atoms. The molecule has 6 rings (SSSR count). The lowest BCUT2D eigenvalue weighted by Gasteiger charge is -2.27. The van der Waals surface area contributed by atoms with Gasteiger partial charge in [-0.15, -0.1) is 10.2 Å². The van der Waals surface area contributed by atoms with Crippen LogP contribution < -0.4 is 10.2 Å². The van der Waals surface area contributed by atoms with Crippen molar-refractivity contribution in [2.24, 2.45) is 7.05 Å². The zero-order chi connectivity index (χ0) is 27.1. The minimum Gasteiger partial charge on any atom is -0.378 e. The number of hydrogen-bond acceptors (Lipinski definition) is 8. The molecule has 1 fully saturated rings. The smallest absolute Gasteiger partial charge is 0.378 e. The third-order valence-corrected chi connectivity index (χ3v) is 6.53. The van der Waals surface area contributed by atoms with Gasteiger partial charge in [-0.3, -0.25) is 4.68 Å². The molecule has 0 spiro atoms. The van der Waals surface area contributed by atoms with Crippen molar-refractivity contribution in [3.05, 3.63) is 60.0 Å². The summed E-state index contributed by atoms with van der Waals surface area (Å²) in [4.78, 5) is 13.9. The average molecular weight is 536 g/mol. The molecule has 10 nitrogen and oxygen atoms in total. The van der Waals surface area contributed by atoms with Gasteiger partial charge in [0.1, 0.15) is 5.82 Å². The van der Waals surface area contributed by atoms with Crippen molar-refractivity contribution in [1.82, 2.24) is 34.9 Å². The molecule has 2 aromatic carbocycles. The number of halogens is 3. The van der Waals surface area contributed by atoms with Crippen LogP contribution in [0.4, 0.5) is 30.6 Å². The molecule has 1 saturated heterocycles. The van der Waals surface area contributed by atoms with E-state index in [2.05, 4.69) is 36.6 Å². The average Bonchev–Trinajstić information content (AvgIpc) is 3.54. The van der Waals surface area contributed by atoms with E-state index in [0.717, 1.165) is 27.9 Å². The van der Waals surface area contributed by atoms with Gasteiger partial charge in [-0.1, -0.05) is 12.1 Å². The summed E-state index contributed by atoms with van der Waals surface area (Å²) < 4.78 is 46.0. The molecule has 0 radical (unpaired) electrons. The summed E-state index contributed by atoms with van der Waals surface area (Å²) in [6, 6.07) is 14.8. The van der Waals surface area contributed by atoms with Crippen LogP contribution in [0.25, 0.3) is 33.5 Å². The summed E-state index contributed by atoms with van der Waals surface area (Å²) in [5, 5.41) is 15.7. The number of aromatic nitrogens is 7. The van der Waals surface area contributed by atoms with Gasteiger partial charge in [-0.2, -0.15) is 23.3 Å². The van der Waals surface area contributed by atoms with Gasteiger partial charge in [0.05, 0.1) is 30.1 Å². The van der Waals surface area contributed by atoms with E-state index in [4.69, 9.17) is 14.7 Å². The Kier molecular flexibility index (Phi) is 6.14. The maximum absolute atomic E-state index is 12.9. The predicted octanol–water partition coefficient (Wildman–Crippen LogP) is 4.72. The first-order valence-corrected chi connectivity index (χ1v) is 12.3. The number of morpholine rings is 1. The molecule has 0 bridgehead atoms. The normalized spacial score (nSPS) is 14.2. The van der Waals surface area contributed by atoms with E-state index in [0.29, 0.717) is 49.3 Å². The maximum atomic E-state index is 12.9. The van der Waals surface area contributed by atoms with E-state index in [1.54, 1.807) is 24.3 Å². The fourth-order valence-corrected chi connectivity index (χ4v) is 4.53. The SMILES string of the molecule is Cc1nn(C)c2cc(-c3cc(Nc4ccc(-c5nnc(C(F)(F)F)[nH]5)cc4)nc(N4CCOCC4)n3)ccc12. The maximum Gasteiger partial charge on any atom is 0.451 e. The highest BCUT2D eigenvalue weighted by molar-refractivity contribution is 5.86. The second-order valence-corrected chi connectivity index (χ2v) is 9.20. The molecule has 3 aromatic heterocycles. The Morgan fingerprint density at radius 3 is 2.41 bits per heavy atom. The first-order valence-electron chi connectivity index (χ1n) is 12.3. The van der Waals surface area contributed by atoms with Crippen molar-refractivity contribution in [3.63, 3.8) is 0 Å². The molecular formula is C26H24F3N9O. The zero-order valence-electron chi connectivity index (χ0n) is 21.1. The van der Waals surface area contributed by atoms with Gasteiger partial charge in [-0.05, 0) is 37.3 Å². The van der Waals surface area contributed by atoms with Gasteiger partial charge in [-0.25, -0.2) is 4.98 Å². The van der Waals surface area contributed by atoms with Gasteiger partial charge >= 0.3 is 6.18 Å². The van der Waals surface area contributed by atoms with Gasteiger partial charge in [0.25, 0.3) is 0 Å². The lowest BCUT2D eigenvalue weighted by atomic mass is 10.1. The molecule has 0 unspecified atom stereocenters. The van der Waals surface area contributed by atoms with Crippen molar-refractivity contribution in [3.8, 4) is 22.6 Å². The van der Waals surface area contributed by atoms with Gasteiger partial charge in [0, 0.05) is 48.4 Å². The Bertz CT molecular complexity index is 1640.